The number of carbonyl (C=O) groups is 1. The van der Waals surface area contributed by atoms with Gasteiger partial charge in [0.25, 0.3) is 5.91 Å². The molecule has 3 heterocycles. The van der Waals surface area contributed by atoms with Crippen molar-refractivity contribution < 1.29 is 9.53 Å². The molecule has 142 valence electrons. The molecule has 2 aliphatic heterocycles. The van der Waals surface area contributed by atoms with Crippen LogP contribution < -0.4 is 10.2 Å². The number of para-hydroxylation sites is 1. The normalized spacial score (nSPS) is 16.6. The van der Waals surface area contributed by atoms with Gasteiger partial charge in [-0.3, -0.25) is 4.79 Å². The van der Waals surface area contributed by atoms with E-state index in [-0.39, 0.29) is 5.91 Å². The lowest BCUT2D eigenvalue weighted by Gasteiger charge is -2.27. The van der Waals surface area contributed by atoms with Crippen LogP contribution in [0, 0.1) is 6.92 Å². The molecule has 2 aromatic rings. The van der Waals surface area contributed by atoms with Gasteiger partial charge < -0.3 is 19.9 Å². The lowest BCUT2D eigenvalue weighted by molar-refractivity contribution is 0.0774. The molecular formula is C20H25N5O2. The van der Waals surface area contributed by atoms with Crippen molar-refractivity contribution in [1.82, 2.24) is 14.9 Å². The van der Waals surface area contributed by atoms with Gasteiger partial charge >= 0.3 is 0 Å². The van der Waals surface area contributed by atoms with Gasteiger partial charge in [-0.05, 0) is 25.0 Å². The SMILES string of the molecule is CCCN1Cc2c(Nc3ccccc3C)nc(N3CCOCC3)nc2C1=O. The summed E-state index contributed by atoms with van der Waals surface area (Å²) in [5, 5.41) is 3.45. The van der Waals surface area contributed by atoms with E-state index >= 15 is 0 Å². The number of nitrogens with zero attached hydrogens (tertiary/aromatic N) is 4. The van der Waals surface area contributed by atoms with Gasteiger partial charge in [0, 0.05) is 30.9 Å². The summed E-state index contributed by atoms with van der Waals surface area (Å²) < 4.78 is 5.44. The maximum Gasteiger partial charge on any atom is 0.273 e. The van der Waals surface area contributed by atoms with Crippen molar-refractivity contribution in [2.75, 3.05) is 43.1 Å². The zero-order valence-electron chi connectivity index (χ0n) is 15.9. The number of aryl methyl sites for hydroxylation is 1. The Hall–Kier alpha value is -2.67. The molecular weight excluding hydrogens is 342 g/mol. The topological polar surface area (TPSA) is 70.6 Å². The highest BCUT2D eigenvalue weighted by Gasteiger charge is 2.33. The van der Waals surface area contributed by atoms with Crippen LogP contribution in [0.1, 0.15) is 35.0 Å². The third-order valence-electron chi connectivity index (χ3n) is 5.02. The minimum atomic E-state index is -0.00315. The second kappa shape index (κ2) is 7.52. The summed E-state index contributed by atoms with van der Waals surface area (Å²) >= 11 is 0. The standard InChI is InChI=1S/C20H25N5O2/c1-3-8-25-13-15-17(19(25)26)22-20(24-9-11-27-12-10-24)23-18(15)21-16-7-5-4-6-14(16)2/h4-7H,3,8-13H2,1-2H3,(H,21,22,23). The van der Waals surface area contributed by atoms with Gasteiger partial charge in [-0.2, -0.15) is 4.98 Å². The van der Waals surface area contributed by atoms with E-state index in [9.17, 15) is 4.79 Å². The summed E-state index contributed by atoms with van der Waals surface area (Å²) in [5.41, 5.74) is 3.53. The maximum atomic E-state index is 12.9. The molecule has 7 heteroatoms. The predicted molar refractivity (Wildman–Crippen MR) is 105 cm³/mol. The highest BCUT2D eigenvalue weighted by molar-refractivity contribution is 5.98. The first-order chi connectivity index (χ1) is 13.2. The minimum Gasteiger partial charge on any atom is -0.378 e. The van der Waals surface area contributed by atoms with Gasteiger partial charge in [-0.25, -0.2) is 4.98 Å². The fraction of sp³-hybridized carbons (Fsp3) is 0.450. The first-order valence-electron chi connectivity index (χ1n) is 9.53. The summed E-state index contributed by atoms with van der Waals surface area (Å²) in [7, 11) is 0. The van der Waals surface area contributed by atoms with E-state index in [0.29, 0.717) is 31.4 Å². The van der Waals surface area contributed by atoms with Crippen molar-refractivity contribution in [3.05, 3.63) is 41.1 Å². The number of aromatic nitrogens is 2. The summed E-state index contributed by atoms with van der Waals surface area (Å²) in [4.78, 5) is 26.2. The van der Waals surface area contributed by atoms with Crippen LogP contribution in [0.3, 0.4) is 0 Å². The van der Waals surface area contributed by atoms with Gasteiger partial charge in [0.05, 0.1) is 19.8 Å². The van der Waals surface area contributed by atoms with Crippen LogP contribution in [0.4, 0.5) is 17.5 Å². The van der Waals surface area contributed by atoms with Crippen LogP contribution in [-0.4, -0.2) is 53.6 Å². The van der Waals surface area contributed by atoms with E-state index in [0.717, 1.165) is 48.7 Å². The Kier molecular flexibility index (Phi) is 4.94. The van der Waals surface area contributed by atoms with Gasteiger partial charge in [0.1, 0.15) is 11.5 Å². The second-order valence-electron chi connectivity index (χ2n) is 6.97. The van der Waals surface area contributed by atoms with Gasteiger partial charge in [-0.1, -0.05) is 25.1 Å². The smallest absolute Gasteiger partial charge is 0.273 e. The van der Waals surface area contributed by atoms with Crippen LogP contribution in [0.15, 0.2) is 24.3 Å². The molecule has 1 aromatic heterocycles. The number of morpholine rings is 1. The van der Waals surface area contributed by atoms with Crippen LogP contribution in [0.5, 0.6) is 0 Å². The van der Waals surface area contributed by atoms with Crippen LogP contribution in [0.25, 0.3) is 0 Å². The van der Waals surface area contributed by atoms with E-state index in [2.05, 4.69) is 35.1 Å². The van der Waals surface area contributed by atoms with Crippen molar-refractivity contribution >= 4 is 23.4 Å². The number of hydrogen-bond donors (Lipinski definition) is 1. The molecule has 1 aromatic carbocycles. The Morgan fingerprint density at radius 3 is 2.70 bits per heavy atom. The maximum absolute atomic E-state index is 12.9. The molecule has 0 aliphatic carbocycles. The molecule has 0 spiro atoms. The van der Waals surface area contributed by atoms with Crippen LogP contribution in [-0.2, 0) is 11.3 Å². The van der Waals surface area contributed by atoms with Gasteiger partial charge in [0.15, 0.2) is 0 Å². The molecule has 1 fully saturated rings. The Balaban J connectivity index is 1.74. The molecule has 7 nitrogen and oxygen atoms in total. The zero-order valence-corrected chi connectivity index (χ0v) is 15.9. The minimum absolute atomic E-state index is 0.00315. The van der Waals surface area contributed by atoms with Crippen LogP contribution >= 0.6 is 0 Å². The molecule has 0 radical (unpaired) electrons. The molecule has 0 bridgehead atoms. The summed E-state index contributed by atoms with van der Waals surface area (Å²) in [6.45, 7) is 8.18. The fourth-order valence-electron chi connectivity index (χ4n) is 3.51. The zero-order chi connectivity index (χ0) is 18.8. The first-order valence-corrected chi connectivity index (χ1v) is 9.53. The monoisotopic (exact) mass is 367 g/mol. The van der Waals surface area contributed by atoms with Crippen molar-refractivity contribution in [3.63, 3.8) is 0 Å². The third kappa shape index (κ3) is 3.47. The molecule has 0 unspecified atom stereocenters. The lowest BCUT2D eigenvalue weighted by Crippen LogP contribution is -2.37. The van der Waals surface area contributed by atoms with Gasteiger partial charge in [-0.15, -0.1) is 0 Å². The second-order valence-corrected chi connectivity index (χ2v) is 6.97. The van der Waals surface area contributed by atoms with E-state index in [1.165, 1.54) is 0 Å². The Morgan fingerprint density at radius 2 is 1.96 bits per heavy atom. The van der Waals surface area contributed by atoms with Crippen molar-refractivity contribution in [2.24, 2.45) is 0 Å². The number of amides is 1. The summed E-state index contributed by atoms with van der Waals surface area (Å²) in [6.07, 6.45) is 0.921. The molecule has 27 heavy (non-hydrogen) atoms. The first kappa shape index (κ1) is 17.7. The molecule has 1 amide bonds. The number of carbonyl (C=O) groups excluding carboxylic acids is 1. The molecule has 0 saturated carbocycles. The number of rotatable bonds is 5. The average Bonchev–Trinajstić information content (AvgIpc) is 3.01. The molecule has 1 saturated heterocycles. The third-order valence-corrected chi connectivity index (χ3v) is 5.02. The van der Waals surface area contributed by atoms with E-state index in [1.807, 2.05) is 23.1 Å². The average molecular weight is 367 g/mol. The Morgan fingerprint density at radius 1 is 1.19 bits per heavy atom. The number of ether oxygens (including phenoxy) is 1. The van der Waals surface area contributed by atoms with Crippen LogP contribution in [0.2, 0.25) is 0 Å². The summed E-state index contributed by atoms with van der Waals surface area (Å²) in [5.74, 6) is 1.32. The van der Waals surface area contributed by atoms with E-state index in [1.54, 1.807) is 0 Å². The number of fused-ring (bicyclic) bond motifs is 1. The lowest BCUT2D eigenvalue weighted by atomic mass is 10.2. The predicted octanol–water partition coefficient (Wildman–Crippen LogP) is 2.73. The molecule has 1 N–H and O–H groups in total. The molecule has 4 rings (SSSR count). The molecule has 2 aliphatic rings. The largest absolute Gasteiger partial charge is 0.378 e. The van der Waals surface area contributed by atoms with E-state index < -0.39 is 0 Å². The quantitative estimate of drug-likeness (QED) is 0.876. The Bertz CT molecular complexity index is 848. The van der Waals surface area contributed by atoms with Crippen molar-refractivity contribution in [2.45, 2.75) is 26.8 Å². The number of anilines is 3. The fourth-order valence-corrected chi connectivity index (χ4v) is 3.51. The summed E-state index contributed by atoms with van der Waals surface area (Å²) in [6, 6.07) is 8.09. The van der Waals surface area contributed by atoms with Crippen molar-refractivity contribution in [1.29, 1.82) is 0 Å². The van der Waals surface area contributed by atoms with Crippen molar-refractivity contribution in [3.8, 4) is 0 Å². The molecule has 0 atom stereocenters. The highest BCUT2D eigenvalue weighted by Crippen LogP contribution is 2.32. The number of hydrogen-bond acceptors (Lipinski definition) is 6. The Labute approximate surface area is 159 Å². The van der Waals surface area contributed by atoms with Gasteiger partial charge in [0.2, 0.25) is 5.95 Å². The number of nitrogens with one attached hydrogen (secondary N) is 1. The van der Waals surface area contributed by atoms with E-state index in [4.69, 9.17) is 9.72 Å². The number of benzene rings is 1. The highest BCUT2D eigenvalue weighted by atomic mass is 16.5.